The van der Waals surface area contributed by atoms with Gasteiger partial charge in [0.1, 0.15) is 17.3 Å². The first-order valence-electron chi connectivity index (χ1n) is 12.4. The normalized spacial score (nSPS) is 16.1. The first-order chi connectivity index (χ1) is 17.9. The van der Waals surface area contributed by atoms with E-state index in [0.717, 1.165) is 41.1 Å². The maximum Gasteiger partial charge on any atom is 0.335 e. The fraction of sp³-hybridized carbons (Fsp3) is 0.310. The summed E-state index contributed by atoms with van der Waals surface area (Å²) in [4.78, 5) is 19.2. The molecule has 0 aromatic heterocycles. The number of likely N-dealkylation sites (tertiary alicyclic amines) is 1. The summed E-state index contributed by atoms with van der Waals surface area (Å²) in [7, 11) is 0. The zero-order valence-electron chi connectivity index (χ0n) is 20.9. The van der Waals surface area contributed by atoms with E-state index in [4.69, 9.17) is 19.4 Å². The molecule has 0 unspecified atom stereocenters. The number of ether oxygens (including phenoxy) is 2. The molecule has 37 heavy (non-hydrogen) atoms. The van der Waals surface area contributed by atoms with Crippen LogP contribution in [0.3, 0.4) is 0 Å². The van der Waals surface area contributed by atoms with E-state index in [9.17, 15) is 9.18 Å². The van der Waals surface area contributed by atoms with E-state index in [1.165, 1.54) is 12.1 Å². The Bertz CT molecular complexity index is 1290. The van der Waals surface area contributed by atoms with Crippen LogP contribution in [0.1, 0.15) is 41.8 Å². The number of carboxylic acid groups (broad SMARTS) is 1. The smallest absolute Gasteiger partial charge is 0.335 e. The summed E-state index contributed by atoms with van der Waals surface area (Å²) in [5.41, 5.74) is 4.30. The molecule has 2 aliphatic heterocycles. The number of halogens is 1. The van der Waals surface area contributed by atoms with Crippen molar-refractivity contribution < 1.29 is 28.6 Å². The average molecular weight is 505 g/mol. The minimum Gasteiger partial charge on any atom is -0.493 e. The van der Waals surface area contributed by atoms with Crippen LogP contribution in [0, 0.1) is 5.82 Å². The van der Waals surface area contributed by atoms with Gasteiger partial charge in [-0.2, -0.15) is 0 Å². The van der Waals surface area contributed by atoms with Crippen LogP contribution < -0.4 is 9.47 Å². The molecule has 1 spiro atoms. The van der Waals surface area contributed by atoms with Crippen molar-refractivity contribution in [3.05, 3.63) is 83.2 Å². The number of rotatable bonds is 9. The van der Waals surface area contributed by atoms with E-state index in [1.54, 1.807) is 36.4 Å². The number of carbonyl (C=O) groups is 1. The highest BCUT2D eigenvalue weighted by molar-refractivity contribution is 6.02. The van der Waals surface area contributed by atoms with Crippen molar-refractivity contribution in [1.82, 2.24) is 4.90 Å². The molecule has 3 aromatic carbocycles. The molecule has 0 amide bonds. The van der Waals surface area contributed by atoms with Gasteiger partial charge in [-0.3, -0.25) is 4.90 Å². The van der Waals surface area contributed by atoms with Crippen LogP contribution in [0.4, 0.5) is 4.39 Å². The molecule has 2 aliphatic rings. The predicted octanol–water partition coefficient (Wildman–Crippen LogP) is 5.37. The van der Waals surface area contributed by atoms with Gasteiger partial charge in [-0.1, -0.05) is 29.4 Å². The maximum absolute atomic E-state index is 13.5. The number of oxime groups is 1. The van der Waals surface area contributed by atoms with Gasteiger partial charge in [-0.05, 0) is 66.9 Å². The molecule has 1 fully saturated rings. The SMILES string of the molecule is CCOc1cc(CN2CC3(CC(c4ccc(C(=O)O)cc4)=NO3)C2)cc(OCC)c1-c1ccc(F)cc1. The summed E-state index contributed by atoms with van der Waals surface area (Å²) < 4.78 is 25.5. The molecule has 1 N–H and O–H groups in total. The number of hydrogen-bond acceptors (Lipinski definition) is 6. The molecule has 1 saturated heterocycles. The predicted molar refractivity (Wildman–Crippen MR) is 138 cm³/mol. The van der Waals surface area contributed by atoms with Crippen molar-refractivity contribution in [2.24, 2.45) is 5.16 Å². The summed E-state index contributed by atoms with van der Waals surface area (Å²) in [5, 5.41) is 13.4. The lowest BCUT2D eigenvalue weighted by Gasteiger charge is -2.45. The van der Waals surface area contributed by atoms with Crippen LogP contribution in [0.2, 0.25) is 0 Å². The van der Waals surface area contributed by atoms with Gasteiger partial charge in [-0.25, -0.2) is 9.18 Å². The average Bonchev–Trinajstić information content (AvgIpc) is 3.31. The van der Waals surface area contributed by atoms with Crippen LogP contribution in [0.15, 0.2) is 65.8 Å². The fourth-order valence-electron chi connectivity index (χ4n) is 4.97. The summed E-state index contributed by atoms with van der Waals surface area (Å²) in [6, 6.07) is 17.1. The van der Waals surface area contributed by atoms with E-state index < -0.39 is 5.97 Å². The standard InChI is InChI=1S/C29H29FN2O5/c1-3-35-25-13-19(14-26(36-4-2)27(25)21-9-11-23(30)12-10-21)16-32-17-29(18-32)15-24(31-37-29)20-5-7-22(8-6-20)28(33)34/h5-14H,3-4,15-18H2,1-2H3,(H,33,34). The second kappa shape index (κ2) is 10.2. The summed E-state index contributed by atoms with van der Waals surface area (Å²) >= 11 is 0. The van der Waals surface area contributed by atoms with Crippen molar-refractivity contribution >= 4 is 11.7 Å². The maximum atomic E-state index is 13.5. The third-order valence-electron chi connectivity index (χ3n) is 6.59. The minimum absolute atomic E-state index is 0.246. The van der Waals surface area contributed by atoms with Crippen molar-refractivity contribution in [2.75, 3.05) is 26.3 Å². The van der Waals surface area contributed by atoms with Crippen molar-refractivity contribution in [2.45, 2.75) is 32.4 Å². The Morgan fingerprint density at radius 1 is 1.00 bits per heavy atom. The highest BCUT2D eigenvalue weighted by atomic mass is 19.1. The Kier molecular flexibility index (Phi) is 6.84. The molecule has 0 radical (unpaired) electrons. The second-order valence-corrected chi connectivity index (χ2v) is 9.36. The van der Waals surface area contributed by atoms with Crippen molar-refractivity contribution in [3.8, 4) is 22.6 Å². The number of hydrogen-bond donors (Lipinski definition) is 1. The van der Waals surface area contributed by atoms with E-state index in [2.05, 4.69) is 10.1 Å². The van der Waals surface area contributed by atoms with Gasteiger partial charge >= 0.3 is 5.97 Å². The molecule has 192 valence electrons. The molecule has 7 nitrogen and oxygen atoms in total. The molecule has 0 aliphatic carbocycles. The molecule has 0 bridgehead atoms. The Hall–Kier alpha value is -3.91. The highest BCUT2D eigenvalue weighted by Gasteiger charge is 2.49. The zero-order chi connectivity index (χ0) is 26.0. The van der Waals surface area contributed by atoms with E-state index in [0.29, 0.717) is 37.7 Å². The molecular formula is C29H29FN2O5. The van der Waals surface area contributed by atoms with Gasteiger partial charge in [0, 0.05) is 26.1 Å². The lowest BCUT2D eigenvalue weighted by atomic mass is 9.86. The quantitative estimate of drug-likeness (QED) is 0.422. The van der Waals surface area contributed by atoms with E-state index in [-0.39, 0.29) is 17.0 Å². The van der Waals surface area contributed by atoms with Gasteiger partial charge in [0.2, 0.25) is 0 Å². The molecular weight excluding hydrogens is 475 g/mol. The number of benzene rings is 3. The fourth-order valence-corrected chi connectivity index (χ4v) is 4.97. The van der Waals surface area contributed by atoms with Gasteiger partial charge in [0.25, 0.3) is 0 Å². The lowest BCUT2D eigenvalue weighted by molar-refractivity contribution is -0.128. The van der Waals surface area contributed by atoms with Gasteiger partial charge in [0.15, 0.2) is 5.60 Å². The summed E-state index contributed by atoms with van der Waals surface area (Å²) in [6.45, 7) is 7.00. The lowest BCUT2D eigenvalue weighted by Crippen LogP contribution is -2.61. The zero-order valence-corrected chi connectivity index (χ0v) is 20.9. The van der Waals surface area contributed by atoms with Gasteiger partial charge in [0.05, 0.1) is 30.1 Å². The van der Waals surface area contributed by atoms with E-state index >= 15 is 0 Å². The molecule has 5 rings (SSSR count). The van der Waals surface area contributed by atoms with Gasteiger partial charge in [-0.15, -0.1) is 0 Å². The molecule has 8 heteroatoms. The molecule has 3 aromatic rings. The summed E-state index contributed by atoms with van der Waals surface area (Å²) in [6.07, 6.45) is 0.674. The van der Waals surface area contributed by atoms with Crippen LogP contribution in [0.5, 0.6) is 11.5 Å². The largest absolute Gasteiger partial charge is 0.493 e. The molecule has 2 heterocycles. The summed E-state index contributed by atoms with van der Waals surface area (Å²) in [5.74, 6) is 0.171. The highest BCUT2D eigenvalue weighted by Crippen LogP contribution is 2.42. The second-order valence-electron chi connectivity index (χ2n) is 9.36. The Morgan fingerprint density at radius 3 is 2.16 bits per heavy atom. The Balaban J connectivity index is 1.29. The third kappa shape index (κ3) is 5.15. The first kappa shape index (κ1) is 24.8. The number of nitrogens with zero attached hydrogens (tertiary/aromatic N) is 2. The Morgan fingerprint density at radius 2 is 1.59 bits per heavy atom. The van der Waals surface area contributed by atoms with Crippen molar-refractivity contribution in [3.63, 3.8) is 0 Å². The molecule has 0 atom stereocenters. The molecule has 0 saturated carbocycles. The monoisotopic (exact) mass is 504 g/mol. The van der Waals surface area contributed by atoms with Gasteiger partial charge < -0.3 is 19.4 Å². The third-order valence-corrected chi connectivity index (χ3v) is 6.59. The van der Waals surface area contributed by atoms with Crippen LogP contribution in [-0.2, 0) is 11.4 Å². The van der Waals surface area contributed by atoms with Crippen molar-refractivity contribution in [1.29, 1.82) is 0 Å². The van der Waals surface area contributed by atoms with Crippen LogP contribution in [0.25, 0.3) is 11.1 Å². The van der Waals surface area contributed by atoms with Crippen LogP contribution >= 0.6 is 0 Å². The van der Waals surface area contributed by atoms with Crippen LogP contribution in [-0.4, -0.2) is 53.6 Å². The Labute approximate surface area is 215 Å². The number of carboxylic acids is 1. The first-order valence-corrected chi connectivity index (χ1v) is 12.4. The minimum atomic E-state index is -0.951. The van der Waals surface area contributed by atoms with E-state index in [1.807, 2.05) is 26.0 Å². The number of aromatic carboxylic acids is 1. The topological polar surface area (TPSA) is 80.6 Å².